The van der Waals surface area contributed by atoms with Gasteiger partial charge in [0.05, 0.1) is 13.1 Å². The molecule has 0 spiro atoms. The highest BCUT2D eigenvalue weighted by molar-refractivity contribution is 6.31. The van der Waals surface area contributed by atoms with E-state index in [1.165, 1.54) is 9.47 Å². The van der Waals surface area contributed by atoms with Crippen LogP contribution in [-0.4, -0.2) is 40.5 Å². The Morgan fingerprint density at radius 1 is 1.09 bits per heavy atom. The third-order valence-corrected chi connectivity index (χ3v) is 5.46. The minimum absolute atomic E-state index is 0.0285. The van der Waals surface area contributed by atoms with Crippen molar-refractivity contribution in [1.82, 2.24) is 14.5 Å². The lowest BCUT2D eigenvalue weighted by Crippen LogP contribution is -2.44. The topological polar surface area (TPSA) is 104 Å². The summed E-state index contributed by atoms with van der Waals surface area (Å²) in [4.78, 5) is 43.5. The summed E-state index contributed by atoms with van der Waals surface area (Å²) in [6.07, 6.45) is 0. The number of anilines is 2. The first-order valence-corrected chi connectivity index (χ1v) is 10.6. The number of nitrogen functional groups attached to an aromatic ring is 1. The summed E-state index contributed by atoms with van der Waals surface area (Å²) in [5, 5.41) is 0.618. The van der Waals surface area contributed by atoms with Crippen molar-refractivity contribution in [2.75, 3.05) is 30.8 Å². The van der Waals surface area contributed by atoms with E-state index in [2.05, 4.69) is 4.98 Å². The van der Waals surface area contributed by atoms with Crippen LogP contribution in [0.2, 0.25) is 5.02 Å². The number of aromatic amines is 1. The average molecular weight is 456 g/mol. The molecule has 8 nitrogen and oxygen atoms in total. The number of nitrogens with zero attached hydrogens (tertiary/aromatic N) is 3. The van der Waals surface area contributed by atoms with Crippen LogP contribution in [0.1, 0.15) is 18.1 Å². The number of H-pyrrole nitrogens is 1. The van der Waals surface area contributed by atoms with E-state index in [0.29, 0.717) is 11.6 Å². The second kappa shape index (κ2) is 10.3. The highest BCUT2D eigenvalue weighted by atomic mass is 35.5. The predicted octanol–water partition coefficient (Wildman–Crippen LogP) is 2.31. The molecule has 0 atom stereocenters. The molecule has 3 aromatic rings. The van der Waals surface area contributed by atoms with Gasteiger partial charge in [-0.3, -0.25) is 24.0 Å². The van der Waals surface area contributed by atoms with Gasteiger partial charge in [-0.1, -0.05) is 60.1 Å². The molecular weight excluding hydrogens is 430 g/mol. The van der Waals surface area contributed by atoms with Crippen molar-refractivity contribution in [3.63, 3.8) is 0 Å². The van der Waals surface area contributed by atoms with Gasteiger partial charge >= 0.3 is 5.69 Å². The van der Waals surface area contributed by atoms with Gasteiger partial charge in [-0.25, -0.2) is 4.79 Å². The Kier molecular flexibility index (Phi) is 7.50. The summed E-state index contributed by atoms with van der Waals surface area (Å²) in [6.45, 7) is 2.64. The van der Waals surface area contributed by atoms with E-state index in [-0.39, 0.29) is 37.0 Å². The lowest BCUT2D eigenvalue weighted by Gasteiger charge is -2.26. The number of nitrogens with two attached hydrogens (primary N) is 1. The zero-order valence-corrected chi connectivity index (χ0v) is 18.8. The molecule has 168 valence electrons. The van der Waals surface area contributed by atoms with Crippen molar-refractivity contribution >= 4 is 29.0 Å². The first-order chi connectivity index (χ1) is 15.3. The van der Waals surface area contributed by atoms with Crippen LogP contribution >= 0.6 is 11.6 Å². The molecule has 0 aliphatic carbocycles. The number of halogens is 1. The first-order valence-electron chi connectivity index (χ1n) is 10.2. The Hall–Kier alpha value is -3.36. The van der Waals surface area contributed by atoms with E-state index in [4.69, 9.17) is 17.3 Å². The predicted molar refractivity (Wildman–Crippen MR) is 127 cm³/mol. The number of carbonyl (C=O) groups excluding carboxylic acids is 1. The quantitative estimate of drug-likeness (QED) is 0.542. The van der Waals surface area contributed by atoms with Crippen molar-refractivity contribution < 1.29 is 4.79 Å². The SMILES string of the molecule is CCN(C(=O)CN(C)Cc1ccccc1Cl)c1c(N)n(Cc2ccccc2)c(=O)[nH]c1=O. The Morgan fingerprint density at radius 3 is 2.41 bits per heavy atom. The van der Waals surface area contributed by atoms with Gasteiger partial charge in [0, 0.05) is 18.1 Å². The highest BCUT2D eigenvalue weighted by Crippen LogP contribution is 2.19. The standard InChI is InChI=1S/C23H26ClN5O3/c1-3-28(19(30)15-27(2)14-17-11-7-8-12-18(17)24)20-21(25)29(23(32)26-22(20)31)13-16-9-5-4-6-10-16/h4-12H,3,13-15,25H2,1-2H3,(H,26,31,32). The summed E-state index contributed by atoms with van der Waals surface area (Å²) in [5.74, 6) is -0.365. The Morgan fingerprint density at radius 2 is 1.75 bits per heavy atom. The zero-order chi connectivity index (χ0) is 23.3. The van der Waals surface area contributed by atoms with E-state index in [1.54, 1.807) is 24.9 Å². The summed E-state index contributed by atoms with van der Waals surface area (Å²) in [7, 11) is 1.79. The van der Waals surface area contributed by atoms with Crippen LogP contribution in [0.25, 0.3) is 0 Å². The maximum absolute atomic E-state index is 13.1. The number of amides is 1. The number of hydrogen-bond donors (Lipinski definition) is 2. The van der Waals surface area contributed by atoms with Gasteiger partial charge in [0.1, 0.15) is 5.82 Å². The molecule has 1 amide bonds. The molecule has 0 radical (unpaired) electrons. The Labute approximate surface area is 190 Å². The average Bonchev–Trinajstić information content (AvgIpc) is 2.76. The lowest BCUT2D eigenvalue weighted by atomic mass is 10.2. The van der Waals surface area contributed by atoms with Gasteiger partial charge in [-0.15, -0.1) is 0 Å². The largest absolute Gasteiger partial charge is 0.383 e. The minimum atomic E-state index is -0.694. The molecule has 0 unspecified atom stereocenters. The Balaban J connectivity index is 1.86. The monoisotopic (exact) mass is 455 g/mol. The highest BCUT2D eigenvalue weighted by Gasteiger charge is 2.24. The number of rotatable bonds is 8. The van der Waals surface area contributed by atoms with E-state index in [9.17, 15) is 14.4 Å². The summed E-state index contributed by atoms with van der Waals surface area (Å²) < 4.78 is 1.26. The second-order valence-electron chi connectivity index (χ2n) is 7.47. The van der Waals surface area contributed by atoms with Gasteiger partial charge in [-0.05, 0) is 31.2 Å². The van der Waals surface area contributed by atoms with Crippen LogP contribution in [0.15, 0.2) is 64.2 Å². The van der Waals surface area contributed by atoms with Crippen LogP contribution in [-0.2, 0) is 17.9 Å². The van der Waals surface area contributed by atoms with Crippen molar-refractivity contribution in [2.24, 2.45) is 0 Å². The van der Waals surface area contributed by atoms with Crippen LogP contribution in [0, 0.1) is 0 Å². The molecule has 32 heavy (non-hydrogen) atoms. The number of likely N-dealkylation sites (N-methyl/N-ethyl adjacent to an activating group) is 2. The Bertz CT molecular complexity index is 1210. The van der Waals surface area contributed by atoms with Gasteiger partial charge < -0.3 is 10.6 Å². The van der Waals surface area contributed by atoms with Gasteiger partial charge in [0.15, 0.2) is 5.69 Å². The molecule has 3 rings (SSSR count). The molecule has 1 heterocycles. The van der Waals surface area contributed by atoms with Gasteiger partial charge in [0.25, 0.3) is 5.56 Å². The number of carbonyl (C=O) groups is 1. The summed E-state index contributed by atoms with van der Waals surface area (Å²) in [6, 6.07) is 16.7. The van der Waals surface area contributed by atoms with Gasteiger partial charge in [0.2, 0.25) is 5.91 Å². The van der Waals surface area contributed by atoms with Crippen LogP contribution in [0.3, 0.4) is 0 Å². The molecule has 9 heteroatoms. The van der Waals surface area contributed by atoms with Crippen molar-refractivity contribution in [3.05, 3.63) is 91.6 Å². The number of hydrogen-bond acceptors (Lipinski definition) is 5. The van der Waals surface area contributed by atoms with Crippen LogP contribution in [0.4, 0.5) is 11.5 Å². The molecule has 0 bridgehead atoms. The molecule has 0 aliphatic rings. The number of aromatic nitrogens is 2. The molecule has 3 N–H and O–H groups in total. The zero-order valence-electron chi connectivity index (χ0n) is 18.0. The molecule has 0 saturated carbocycles. The minimum Gasteiger partial charge on any atom is -0.383 e. The molecule has 0 fully saturated rings. The molecular formula is C23H26ClN5O3. The third-order valence-electron chi connectivity index (χ3n) is 5.09. The molecule has 2 aromatic carbocycles. The number of nitrogens with one attached hydrogen (secondary N) is 1. The summed E-state index contributed by atoms with van der Waals surface area (Å²) >= 11 is 6.21. The molecule has 0 aliphatic heterocycles. The maximum atomic E-state index is 13.1. The van der Waals surface area contributed by atoms with E-state index in [1.807, 2.05) is 48.5 Å². The third kappa shape index (κ3) is 5.27. The van der Waals surface area contributed by atoms with Crippen molar-refractivity contribution in [1.29, 1.82) is 0 Å². The van der Waals surface area contributed by atoms with Crippen LogP contribution < -0.4 is 21.9 Å². The molecule has 1 aromatic heterocycles. The maximum Gasteiger partial charge on any atom is 0.330 e. The fraction of sp³-hybridized carbons (Fsp3) is 0.261. The summed E-state index contributed by atoms with van der Waals surface area (Å²) in [5.41, 5.74) is 6.62. The lowest BCUT2D eigenvalue weighted by molar-refractivity contribution is -0.119. The fourth-order valence-corrected chi connectivity index (χ4v) is 3.71. The second-order valence-corrected chi connectivity index (χ2v) is 7.87. The first kappa shape index (κ1) is 23.3. The van der Waals surface area contributed by atoms with Crippen molar-refractivity contribution in [2.45, 2.75) is 20.0 Å². The van der Waals surface area contributed by atoms with E-state index in [0.717, 1.165) is 11.1 Å². The molecule has 0 saturated heterocycles. The van der Waals surface area contributed by atoms with Crippen molar-refractivity contribution in [3.8, 4) is 0 Å². The fourth-order valence-electron chi connectivity index (χ4n) is 3.51. The number of benzene rings is 2. The van der Waals surface area contributed by atoms with E-state index < -0.39 is 11.2 Å². The smallest absolute Gasteiger partial charge is 0.330 e. The van der Waals surface area contributed by atoms with Gasteiger partial charge in [-0.2, -0.15) is 0 Å². The van der Waals surface area contributed by atoms with Crippen LogP contribution in [0.5, 0.6) is 0 Å². The normalized spacial score (nSPS) is 11.0. The van der Waals surface area contributed by atoms with E-state index >= 15 is 0 Å².